The lowest BCUT2D eigenvalue weighted by Crippen LogP contribution is -2.27. The SMILES string of the molecule is CCSCC(C)NCc1ncc(Cl)s1. The monoisotopic (exact) mass is 250 g/mol. The zero-order valence-corrected chi connectivity index (χ0v) is 10.8. The summed E-state index contributed by atoms with van der Waals surface area (Å²) in [6.45, 7) is 5.19. The Morgan fingerprint density at radius 3 is 3.07 bits per heavy atom. The van der Waals surface area contributed by atoms with E-state index in [1.54, 1.807) is 6.20 Å². The van der Waals surface area contributed by atoms with Crippen molar-refractivity contribution >= 4 is 34.7 Å². The summed E-state index contributed by atoms with van der Waals surface area (Å²) in [6.07, 6.45) is 1.70. The summed E-state index contributed by atoms with van der Waals surface area (Å²) in [7, 11) is 0. The van der Waals surface area contributed by atoms with Crippen LogP contribution in [-0.2, 0) is 6.54 Å². The van der Waals surface area contributed by atoms with Crippen LogP contribution >= 0.6 is 34.7 Å². The molecule has 0 amide bonds. The van der Waals surface area contributed by atoms with Crippen LogP contribution < -0.4 is 5.32 Å². The van der Waals surface area contributed by atoms with E-state index in [1.807, 2.05) is 11.8 Å². The molecule has 0 saturated carbocycles. The fourth-order valence-corrected chi connectivity index (χ4v) is 2.60. The van der Waals surface area contributed by atoms with E-state index in [-0.39, 0.29) is 0 Å². The van der Waals surface area contributed by atoms with E-state index in [4.69, 9.17) is 11.6 Å². The highest BCUT2D eigenvalue weighted by Gasteiger charge is 2.03. The number of nitrogens with one attached hydrogen (secondary N) is 1. The van der Waals surface area contributed by atoms with Gasteiger partial charge in [-0.15, -0.1) is 11.3 Å². The van der Waals surface area contributed by atoms with Gasteiger partial charge in [-0.05, 0) is 12.7 Å². The molecule has 1 rings (SSSR count). The highest BCUT2D eigenvalue weighted by molar-refractivity contribution is 7.99. The Morgan fingerprint density at radius 2 is 2.50 bits per heavy atom. The molecule has 0 bridgehead atoms. The molecule has 1 aromatic rings. The van der Waals surface area contributed by atoms with Crippen LogP contribution in [0.4, 0.5) is 0 Å². The number of thioether (sulfide) groups is 1. The van der Waals surface area contributed by atoms with Crippen LogP contribution in [0, 0.1) is 0 Å². The first-order valence-corrected chi connectivity index (χ1v) is 6.98. The van der Waals surface area contributed by atoms with Gasteiger partial charge in [-0.1, -0.05) is 18.5 Å². The zero-order chi connectivity index (χ0) is 10.4. The second-order valence-corrected chi connectivity index (χ2v) is 6.06. The molecule has 0 aliphatic heterocycles. The quantitative estimate of drug-likeness (QED) is 0.840. The molecule has 1 heterocycles. The maximum absolute atomic E-state index is 5.78. The lowest BCUT2D eigenvalue weighted by molar-refractivity contribution is 0.594. The van der Waals surface area contributed by atoms with Gasteiger partial charge in [0.2, 0.25) is 0 Å². The Hall–Kier alpha value is 0.230. The second-order valence-electron chi connectivity index (χ2n) is 3.00. The summed E-state index contributed by atoms with van der Waals surface area (Å²) in [5, 5.41) is 4.47. The van der Waals surface area contributed by atoms with Crippen molar-refractivity contribution in [2.24, 2.45) is 0 Å². The van der Waals surface area contributed by atoms with Crippen molar-refractivity contribution in [1.82, 2.24) is 10.3 Å². The zero-order valence-electron chi connectivity index (χ0n) is 8.42. The molecule has 1 aromatic heterocycles. The lowest BCUT2D eigenvalue weighted by Gasteiger charge is -2.11. The lowest BCUT2D eigenvalue weighted by atomic mass is 10.4. The van der Waals surface area contributed by atoms with Crippen LogP contribution in [0.3, 0.4) is 0 Å². The van der Waals surface area contributed by atoms with Crippen LogP contribution in [0.15, 0.2) is 6.20 Å². The molecule has 1 atom stereocenters. The third-order valence-electron chi connectivity index (χ3n) is 1.70. The normalized spacial score (nSPS) is 13.1. The molecule has 0 spiro atoms. The molecule has 0 fully saturated rings. The number of hydrogen-bond acceptors (Lipinski definition) is 4. The Balaban J connectivity index is 2.20. The van der Waals surface area contributed by atoms with E-state index in [0.717, 1.165) is 21.6 Å². The Labute approximate surface area is 98.5 Å². The molecule has 0 aliphatic carbocycles. The first kappa shape index (κ1) is 12.3. The standard InChI is InChI=1S/C9H15ClN2S2/c1-3-13-6-7(2)11-5-9-12-4-8(10)14-9/h4,7,11H,3,5-6H2,1-2H3. The summed E-state index contributed by atoms with van der Waals surface area (Å²) in [4.78, 5) is 4.19. The van der Waals surface area contributed by atoms with E-state index < -0.39 is 0 Å². The second kappa shape index (κ2) is 6.67. The molecular formula is C9H15ClN2S2. The molecule has 2 nitrogen and oxygen atoms in total. The number of aromatic nitrogens is 1. The minimum Gasteiger partial charge on any atom is -0.307 e. The van der Waals surface area contributed by atoms with Crippen LogP contribution in [0.2, 0.25) is 4.34 Å². The number of halogens is 1. The van der Waals surface area contributed by atoms with Gasteiger partial charge in [-0.25, -0.2) is 4.98 Å². The average molecular weight is 251 g/mol. The van der Waals surface area contributed by atoms with Crippen LogP contribution in [0.25, 0.3) is 0 Å². The average Bonchev–Trinajstić information content (AvgIpc) is 2.58. The molecule has 0 aliphatic rings. The summed E-state index contributed by atoms with van der Waals surface area (Å²) in [5.41, 5.74) is 0. The van der Waals surface area contributed by atoms with E-state index in [0.29, 0.717) is 6.04 Å². The molecular weight excluding hydrogens is 236 g/mol. The molecule has 0 saturated heterocycles. The topological polar surface area (TPSA) is 24.9 Å². The van der Waals surface area contributed by atoms with E-state index in [2.05, 4.69) is 24.1 Å². The highest BCUT2D eigenvalue weighted by Crippen LogP contribution is 2.17. The van der Waals surface area contributed by atoms with Gasteiger partial charge >= 0.3 is 0 Å². The van der Waals surface area contributed by atoms with Crippen LogP contribution in [0.5, 0.6) is 0 Å². The predicted octanol–water partition coefficient (Wildman–Crippen LogP) is 3.03. The van der Waals surface area contributed by atoms with Crippen molar-refractivity contribution in [3.05, 3.63) is 15.5 Å². The highest BCUT2D eigenvalue weighted by atomic mass is 35.5. The fraction of sp³-hybridized carbons (Fsp3) is 0.667. The molecule has 1 N–H and O–H groups in total. The van der Waals surface area contributed by atoms with Crippen LogP contribution in [-0.4, -0.2) is 22.5 Å². The fourth-order valence-electron chi connectivity index (χ4n) is 0.985. The molecule has 1 unspecified atom stereocenters. The van der Waals surface area contributed by atoms with Crippen molar-refractivity contribution in [2.45, 2.75) is 26.4 Å². The number of thiazole rings is 1. The minimum absolute atomic E-state index is 0.530. The summed E-state index contributed by atoms with van der Waals surface area (Å²) in [5.74, 6) is 2.32. The van der Waals surface area contributed by atoms with Gasteiger partial charge in [0.05, 0.1) is 6.20 Å². The van der Waals surface area contributed by atoms with Crippen molar-refractivity contribution < 1.29 is 0 Å². The number of nitrogens with zero attached hydrogens (tertiary/aromatic N) is 1. The minimum atomic E-state index is 0.530. The summed E-state index contributed by atoms with van der Waals surface area (Å²) < 4.78 is 0.761. The van der Waals surface area contributed by atoms with Crippen molar-refractivity contribution in [3.8, 4) is 0 Å². The van der Waals surface area contributed by atoms with Crippen molar-refractivity contribution in [3.63, 3.8) is 0 Å². The van der Waals surface area contributed by atoms with E-state index in [1.165, 1.54) is 17.1 Å². The summed E-state index contributed by atoms with van der Waals surface area (Å²) in [6, 6.07) is 0.530. The Morgan fingerprint density at radius 1 is 1.71 bits per heavy atom. The van der Waals surface area contributed by atoms with Gasteiger partial charge in [-0.3, -0.25) is 0 Å². The summed E-state index contributed by atoms with van der Waals surface area (Å²) >= 11 is 9.27. The van der Waals surface area contributed by atoms with Crippen molar-refractivity contribution in [2.75, 3.05) is 11.5 Å². The first-order chi connectivity index (χ1) is 6.72. The maximum Gasteiger partial charge on any atom is 0.113 e. The third-order valence-corrected chi connectivity index (χ3v) is 3.96. The molecule has 5 heteroatoms. The van der Waals surface area contributed by atoms with Gasteiger partial charge in [0.1, 0.15) is 9.34 Å². The number of rotatable bonds is 6. The van der Waals surface area contributed by atoms with Crippen LogP contribution in [0.1, 0.15) is 18.9 Å². The van der Waals surface area contributed by atoms with E-state index >= 15 is 0 Å². The Kier molecular flexibility index (Phi) is 5.86. The van der Waals surface area contributed by atoms with Gasteiger partial charge in [0.25, 0.3) is 0 Å². The Bertz CT molecular complexity index is 265. The molecule has 80 valence electrons. The molecule has 0 aromatic carbocycles. The van der Waals surface area contributed by atoms with Gasteiger partial charge in [0, 0.05) is 18.3 Å². The maximum atomic E-state index is 5.78. The van der Waals surface area contributed by atoms with E-state index in [9.17, 15) is 0 Å². The van der Waals surface area contributed by atoms with Crippen molar-refractivity contribution in [1.29, 1.82) is 0 Å². The molecule has 0 radical (unpaired) electrons. The molecule has 14 heavy (non-hydrogen) atoms. The third kappa shape index (κ3) is 4.64. The predicted molar refractivity (Wildman–Crippen MR) is 66.4 cm³/mol. The smallest absolute Gasteiger partial charge is 0.113 e. The van der Waals surface area contributed by atoms with Gasteiger partial charge < -0.3 is 5.32 Å². The number of hydrogen-bond donors (Lipinski definition) is 1. The largest absolute Gasteiger partial charge is 0.307 e. The van der Waals surface area contributed by atoms with Gasteiger partial charge in [-0.2, -0.15) is 11.8 Å². The first-order valence-electron chi connectivity index (χ1n) is 4.63. The van der Waals surface area contributed by atoms with Gasteiger partial charge in [0.15, 0.2) is 0 Å².